The van der Waals surface area contributed by atoms with E-state index in [0.29, 0.717) is 0 Å². The van der Waals surface area contributed by atoms with Gasteiger partial charge in [-0.25, -0.2) is 0 Å². The molecular weight excluding hydrogens is 735 g/mol. The highest BCUT2D eigenvalue weighted by atomic mass is 35.5. The third-order valence-corrected chi connectivity index (χ3v) is 7.50. The van der Waals surface area contributed by atoms with E-state index in [1.54, 1.807) is 0 Å². The van der Waals surface area contributed by atoms with Gasteiger partial charge in [-0.1, -0.05) is 83.9 Å². The zero-order valence-electron chi connectivity index (χ0n) is 23.8. The zero-order valence-corrected chi connectivity index (χ0v) is 25.3. The van der Waals surface area contributed by atoms with Crippen LogP contribution in [0.25, 0.3) is 11.1 Å². The molecule has 0 spiro atoms. The van der Waals surface area contributed by atoms with Crippen molar-refractivity contribution in [3.05, 3.63) is 106 Å². The molecular formula is C30H20Cl2F12N2O3. The fourth-order valence-corrected chi connectivity index (χ4v) is 4.61. The number of alkyl halides is 12. The fraction of sp³-hybridized carbons (Fsp3) is 0.200. The Balaban J connectivity index is 0.000000449. The number of nitrogens with two attached hydrogens (primary N) is 2. The largest absolute Gasteiger partial charge is 0.506 e. The molecule has 2 unspecified atom stereocenters. The number of nitrogen functional groups attached to an aromatic ring is 2. The van der Waals surface area contributed by atoms with Crippen LogP contribution in [-0.4, -0.2) is 34.3 Å². The standard InChI is InChI=1S/C18H10Cl2F12N2O3.C12H10/c19-9-5(1-3-7(35)11(9)33)13(21,22)15(25,17(27,28)29)37-16(26,18(30,31)32)14(23,24)6-2-4-8(36)12(34)10(6)20;1-3-7-11(8-4-1)12-9-5-2-6-10-12/h1-4,35-36H,33-34H2;1-10H. The molecule has 0 bridgehead atoms. The summed E-state index contributed by atoms with van der Waals surface area (Å²) < 4.78 is 173. The molecule has 266 valence electrons. The van der Waals surface area contributed by atoms with E-state index in [4.69, 9.17) is 34.7 Å². The SMILES string of the molecule is Nc1c(O)ccc(C(F)(F)C(F)(OC(F)(C(F)(F)F)C(F)(F)c2ccc(O)c(N)c2Cl)C(F)(F)F)c1Cl.c1ccc(-c2ccccc2)cc1. The monoisotopic (exact) mass is 754 g/mol. The van der Waals surface area contributed by atoms with Gasteiger partial charge in [-0.2, -0.15) is 52.7 Å². The molecule has 0 aromatic heterocycles. The van der Waals surface area contributed by atoms with Gasteiger partial charge in [0, 0.05) is 11.1 Å². The molecule has 0 radical (unpaired) electrons. The first-order chi connectivity index (χ1) is 22.3. The average Bonchev–Trinajstić information content (AvgIpc) is 3.02. The maximum Gasteiger partial charge on any atom is 0.455 e. The lowest BCUT2D eigenvalue weighted by Crippen LogP contribution is -2.66. The maximum atomic E-state index is 15.1. The normalized spacial score (nSPS) is 15.1. The Morgan fingerprint density at radius 2 is 0.755 bits per heavy atom. The average molecular weight is 755 g/mol. The lowest BCUT2D eigenvalue weighted by molar-refractivity contribution is -0.505. The van der Waals surface area contributed by atoms with Crippen LogP contribution in [0.15, 0.2) is 84.9 Å². The molecule has 2 atom stereocenters. The van der Waals surface area contributed by atoms with Crippen molar-refractivity contribution >= 4 is 34.6 Å². The molecule has 0 aliphatic heterocycles. The minimum atomic E-state index is -7.37. The number of phenols is 2. The maximum absolute atomic E-state index is 15.1. The van der Waals surface area contributed by atoms with Crippen molar-refractivity contribution in [3.63, 3.8) is 0 Å². The Bertz CT molecular complexity index is 1650. The molecule has 6 N–H and O–H groups in total. The summed E-state index contributed by atoms with van der Waals surface area (Å²) in [5.41, 5.74) is 5.11. The number of hydrogen-bond donors (Lipinski definition) is 4. The second-order valence-corrected chi connectivity index (χ2v) is 10.6. The van der Waals surface area contributed by atoms with E-state index in [1.165, 1.54) is 11.1 Å². The molecule has 0 fully saturated rings. The predicted octanol–water partition coefficient (Wildman–Crippen LogP) is 10.3. The lowest BCUT2D eigenvalue weighted by atomic mass is 9.96. The summed E-state index contributed by atoms with van der Waals surface area (Å²) in [4.78, 5) is 0. The molecule has 0 saturated heterocycles. The Hall–Kier alpha value is -4.22. The molecule has 4 aromatic carbocycles. The second-order valence-electron chi connectivity index (χ2n) is 9.89. The quantitative estimate of drug-likeness (QED) is 0.0855. The van der Waals surface area contributed by atoms with Crippen LogP contribution < -0.4 is 11.5 Å². The van der Waals surface area contributed by atoms with Crippen LogP contribution in [0, 0.1) is 0 Å². The van der Waals surface area contributed by atoms with E-state index in [2.05, 4.69) is 53.3 Å². The molecule has 19 heteroatoms. The van der Waals surface area contributed by atoms with Crippen molar-refractivity contribution in [3.8, 4) is 22.6 Å². The van der Waals surface area contributed by atoms with Crippen molar-refractivity contribution in [2.24, 2.45) is 0 Å². The molecule has 0 aliphatic carbocycles. The van der Waals surface area contributed by atoms with Gasteiger partial charge in [-0.3, -0.25) is 4.74 Å². The zero-order chi connectivity index (χ0) is 37.4. The van der Waals surface area contributed by atoms with Crippen LogP contribution in [0.1, 0.15) is 11.1 Å². The summed E-state index contributed by atoms with van der Waals surface area (Å²) in [7, 11) is 0. The molecule has 0 heterocycles. The third-order valence-electron chi connectivity index (χ3n) is 6.69. The number of rotatable bonds is 7. The van der Waals surface area contributed by atoms with Gasteiger partial charge < -0.3 is 21.7 Å². The van der Waals surface area contributed by atoms with Crippen LogP contribution in [-0.2, 0) is 16.6 Å². The Morgan fingerprint density at radius 3 is 1.02 bits per heavy atom. The molecule has 0 aliphatic rings. The van der Waals surface area contributed by atoms with Crippen LogP contribution >= 0.6 is 23.2 Å². The van der Waals surface area contributed by atoms with E-state index in [9.17, 15) is 54.1 Å². The summed E-state index contributed by atoms with van der Waals surface area (Å²) in [6, 6.07) is 20.5. The van der Waals surface area contributed by atoms with Gasteiger partial charge in [-0.05, 0) is 35.4 Å². The van der Waals surface area contributed by atoms with Crippen molar-refractivity contribution in [1.29, 1.82) is 0 Å². The van der Waals surface area contributed by atoms with Gasteiger partial charge in [-0.15, -0.1) is 0 Å². The first kappa shape index (κ1) is 39.2. The van der Waals surface area contributed by atoms with Crippen LogP contribution in [0.3, 0.4) is 0 Å². The van der Waals surface area contributed by atoms with Gasteiger partial charge in [0.2, 0.25) is 0 Å². The number of anilines is 2. The first-order valence-corrected chi connectivity index (χ1v) is 13.7. The first-order valence-electron chi connectivity index (χ1n) is 13.0. The van der Waals surface area contributed by atoms with E-state index in [1.807, 2.05) is 12.1 Å². The Labute approximate surface area is 278 Å². The van der Waals surface area contributed by atoms with Gasteiger partial charge in [0.25, 0.3) is 0 Å². The fourth-order valence-electron chi connectivity index (χ4n) is 4.05. The molecule has 4 rings (SSSR count). The van der Waals surface area contributed by atoms with Gasteiger partial charge in [0.05, 0.1) is 21.4 Å². The third kappa shape index (κ3) is 7.10. The molecule has 0 saturated carbocycles. The topological polar surface area (TPSA) is 102 Å². The Morgan fingerprint density at radius 1 is 0.469 bits per heavy atom. The van der Waals surface area contributed by atoms with Gasteiger partial charge in [0.15, 0.2) is 0 Å². The van der Waals surface area contributed by atoms with E-state index >= 15 is 8.78 Å². The van der Waals surface area contributed by atoms with E-state index in [0.717, 1.165) is 0 Å². The summed E-state index contributed by atoms with van der Waals surface area (Å²) in [5.74, 6) is -29.8. The lowest BCUT2D eigenvalue weighted by Gasteiger charge is -2.42. The minimum Gasteiger partial charge on any atom is -0.506 e. The van der Waals surface area contributed by atoms with Crippen molar-refractivity contribution in [1.82, 2.24) is 0 Å². The highest BCUT2D eigenvalue weighted by molar-refractivity contribution is 6.34. The Kier molecular flexibility index (Phi) is 10.9. The van der Waals surface area contributed by atoms with E-state index < -0.39 is 80.0 Å². The van der Waals surface area contributed by atoms with Crippen molar-refractivity contribution in [2.45, 2.75) is 35.9 Å². The smallest absolute Gasteiger partial charge is 0.455 e. The molecule has 49 heavy (non-hydrogen) atoms. The van der Waals surface area contributed by atoms with Crippen LogP contribution in [0.2, 0.25) is 10.0 Å². The summed E-state index contributed by atoms with van der Waals surface area (Å²) >= 11 is 10.5. The molecule has 5 nitrogen and oxygen atoms in total. The molecule has 4 aromatic rings. The summed E-state index contributed by atoms with van der Waals surface area (Å²) in [6.45, 7) is 0. The number of hydrogen-bond acceptors (Lipinski definition) is 5. The number of aromatic hydroxyl groups is 2. The number of ether oxygens (including phenoxy) is 1. The summed E-state index contributed by atoms with van der Waals surface area (Å²) in [6.07, 6.45) is -14.7. The highest BCUT2D eigenvalue weighted by Gasteiger charge is 2.84. The predicted molar refractivity (Wildman–Crippen MR) is 156 cm³/mol. The molecule has 0 amide bonds. The van der Waals surface area contributed by atoms with Crippen LogP contribution in [0.5, 0.6) is 11.5 Å². The van der Waals surface area contributed by atoms with Crippen molar-refractivity contribution < 1.29 is 67.6 Å². The van der Waals surface area contributed by atoms with E-state index in [-0.39, 0.29) is 24.3 Å². The number of halogens is 14. The number of phenolic OH excluding ortho intramolecular Hbond substituents is 2. The van der Waals surface area contributed by atoms with Crippen molar-refractivity contribution in [2.75, 3.05) is 11.5 Å². The highest BCUT2D eigenvalue weighted by Crippen LogP contribution is 2.61. The second kappa shape index (κ2) is 13.6. The van der Waals surface area contributed by atoms with Gasteiger partial charge >= 0.3 is 35.9 Å². The number of benzene rings is 4. The van der Waals surface area contributed by atoms with Gasteiger partial charge in [0.1, 0.15) is 11.5 Å². The minimum absolute atomic E-state index is 0.0985. The van der Waals surface area contributed by atoms with Crippen LogP contribution in [0.4, 0.5) is 64.1 Å². The summed E-state index contributed by atoms with van der Waals surface area (Å²) in [5, 5.41) is 15.1.